The van der Waals surface area contributed by atoms with Crippen molar-refractivity contribution in [3.05, 3.63) is 35.9 Å². The van der Waals surface area contributed by atoms with E-state index in [1.54, 1.807) is 0 Å². The maximum atomic E-state index is 11.9. The van der Waals surface area contributed by atoms with Crippen molar-refractivity contribution in [2.24, 2.45) is 11.3 Å². The monoisotopic (exact) mass is 274 g/mol. The Bertz CT molecular complexity index is 442. The van der Waals surface area contributed by atoms with Crippen molar-refractivity contribution in [1.29, 1.82) is 0 Å². The van der Waals surface area contributed by atoms with E-state index in [1.165, 1.54) is 6.42 Å². The molecule has 2 atom stereocenters. The minimum Gasteiger partial charge on any atom is -0.351 e. The van der Waals surface area contributed by atoms with Crippen LogP contribution in [0.3, 0.4) is 0 Å². The second kappa shape index (κ2) is 6.40. The highest BCUT2D eigenvalue weighted by atomic mass is 16.1. The van der Waals surface area contributed by atoms with Crippen molar-refractivity contribution < 1.29 is 4.79 Å². The van der Waals surface area contributed by atoms with Gasteiger partial charge in [-0.15, -0.1) is 0 Å². The van der Waals surface area contributed by atoms with Crippen LogP contribution in [0.25, 0.3) is 0 Å². The Hall–Kier alpha value is -1.35. The van der Waals surface area contributed by atoms with Crippen LogP contribution < -0.4 is 10.6 Å². The van der Waals surface area contributed by atoms with E-state index in [2.05, 4.69) is 31.4 Å². The van der Waals surface area contributed by atoms with Gasteiger partial charge in [-0.25, -0.2) is 0 Å². The van der Waals surface area contributed by atoms with E-state index in [0.717, 1.165) is 12.0 Å². The summed E-state index contributed by atoms with van der Waals surface area (Å²) < 4.78 is 0. The molecule has 0 aliphatic heterocycles. The summed E-state index contributed by atoms with van der Waals surface area (Å²) in [7, 11) is 0. The zero-order valence-electron chi connectivity index (χ0n) is 12.8. The molecule has 1 aliphatic rings. The Labute approximate surface area is 122 Å². The minimum atomic E-state index is 0.0748. The maximum absolute atomic E-state index is 11.9. The molecular weight excluding hydrogens is 248 g/mol. The van der Waals surface area contributed by atoms with Crippen molar-refractivity contribution >= 4 is 5.91 Å². The molecule has 1 aliphatic carbocycles. The van der Waals surface area contributed by atoms with Crippen LogP contribution in [0, 0.1) is 11.3 Å². The molecule has 1 aromatic rings. The number of carbonyl (C=O) groups is 1. The third kappa shape index (κ3) is 4.34. The first-order valence-electron chi connectivity index (χ1n) is 7.50. The summed E-state index contributed by atoms with van der Waals surface area (Å²) in [5, 5.41) is 6.37. The average Bonchev–Trinajstić information content (AvgIpc) is 2.68. The molecule has 0 spiro atoms. The van der Waals surface area contributed by atoms with Crippen LogP contribution in [0.1, 0.15) is 39.2 Å². The smallest absolute Gasteiger partial charge is 0.234 e. The molecule has 3 heteroatoms. The number of hydrogen-bond donors (Lipinski definition) is 2. The van der Waals surface area contributed by atoms with Crippen molar-refractivity contribution in [3.8, 4) is 0 Å². The molecule has 0 saturated heterocycles. The van der Waals surface area contributed by atoms with Crippen molar-refractivity contribution in [2.45, 2.75) is 46.2 Å². The van der Waals surface area contributed by atoms with Gasteiger partial charge in [-0.1, -0.05) is 51.1 Å². The van der Waals surface area contributed by atoms with Gasteiger partial charge in [-0.05, 0) is 29.7 Å². The van der Waals surface area contributed by atoms with Gasteiger partial charge in [0.25, 0.3) is 0 Å². The zero-order chi connectivity index (χ0) is 14.6. The first-order chi connectivity index (χ1) is 9.46. The zero-order valence-corrected chi connectivity index (χ0v) is 12.8. The first kappa shape index (κ1) is 15.0. The third-order valence-corrected chi connectivity index (χ3v) is 4.19. The van der Waals surface area contributed by atoms with Crippen LogP contribution >= 0.6 is 0 Å². The van der Waals surface area contributed by atoms with Crippen molar-refractivity contribution in [2.75, 3.05) is 6.54 Å². The lowest BCUT2D eigenvalue weighted by Gasteiger charge is -2.18. The molecular formula is C17H26N2O. The highest BCUT2D eigenvalue weighted by molar-refractivity contribution is 5.78. The van der Waals surface area contributed by atoms with E-state index in [0.29, 0.717) is 30.5 Å². The van der Waals surface area contributed by atoms with Gasteiger partial charge in [0.15, 0.2) is 0 Å². The van der Waals surface area contributed by atoms with Crippen LogP contribution in [-0.2, 0) is 11.3 Å². The van der Waals surface area contributed by atoms with Crippen LogP contribution in [-0.4, -0.2) is 18.5 Å². The Balaban J connectivity index is 1.71. The lowest BCUT2D eigenvalue weighted by molar-refractivity contribution is -0.120. The summed E-state index contributed by atoms with van der Waals surface area (Å²) in [6.45, 7) is 7.90. The Morgan fingerprint density at radius 3 is 2.55 bits per heavy atom. The molecule has 0 bridgehead atoms. The molecule has 0 heterocycles. The van der Waals surface area contributed by atoms with Crippen LogP contribution in [0.5, 0.6) is 0 Å². The molecule has 110 valence electrons. The molecule has 2 rings (SSSR count). The van der Waals surface area contributed by atoms with E-state index in [4.69, 9.17) is 0 Å². The van der Waals surface area contributed by atoms with Gasteiger partial charge in [0.2, 0.25) is 5.91 Å². The second-order valence-corrected chi connectivity index (χ2v) is 6.80. The highest BCUT2D eigenvalue weighted by Crippen LogP contribution is 2.40. The van der Waals surface area contributed by atoms with E-state index in [1.807, 2.05) is 30.3 Å². The van der Waals surface area contributed by atoms with Crippen molar-refractivity contribution in [1.82, 2.24) is 10.6 Å². The molecule has 0 aromatic heterocycles. The SMILES string of the molecule is CC1CC(C)(C)CC1NCC(=O)NCc1ccccc1. The summed E-state index contributed by atoms with van der Waals surface area (Å²) in [4.78, 5) is 11.9. The number of rotatable bonds is 5. The van der Waals surface area contributed by atoms with E-state index in [-0.39, 0.29) is 5.91 Å². The summed E-state index contributed by atoms with van der Waals surface area (Å²) in [5.41, 5.74) is 1.54. The quantitative estimate of drug-likeness (QED) is 0.867. The number of nitrogens with one attached hydrogen (secondary N) is 2. The molecule has 2 N–H and O–H groups in total. The van der Waals surface area contributed by atoms with Gasteiger partial charge in [0.05, 0.1) is 6.54 Å². The molecule has 20 heavy (non-hydrogen) atoms. The first-order valence-corrected chi connectivity index (χ1v) is 7.50. The maximum Gasteiger partial charge on any atom is 0.234 e. The molecule has 0 radical (unpaired) electrons. The highest BCUT2D eigenvalue weighted by Gasteiger charge is 2.36. The summed E-state index contributed by atoms with van der Waals surface area (Å²) in [6.07, 6.45) is 2.39. The fourth-order valence-corrected chi connectivity index (χ4v) is 3.25. The average molecular weight is 274 g/mol. The van der Waals surface area contributed by atoms with Gasteiger partial charge in [0.1, 0.15) is 0 Å². The molecule has 1 fully saturated rings. The van der Waals surface area contributed by atoms with E-state index < -0.39 is 0 Å². The Morgan fingerprint density at radius 1 is 1.25 bits per heavy atom. The third-order valence-electron chi connectivity index (χ3n) is 4.19. The van der Waals surface area contributed by atoms with Gasteiger partial charge in [0, 0.05) is 12.6 Å². The lowest BCUT2D eigenvalue weighted by atomic mass is 9.91. The minimum absolute atomic E-state index is 0.0748. The molecule has 3 nitrogen and oxygen atoms in total. The van der Waals surface area contributed by atoms with Crippen molar-refractivity contribution in [3.63, 3.8) is 0 Å². The molecule has 1 aromatic carbocycles. The number of benzene rings is 1. The van der Waals surface area contributed by atoms with Gasteiger partial charge < -0.3 is 10.6 Å². The van der Waals surface area contributed by atoms with Crippen LogP contribution in [0.15, 0.2) is 30.3 Å². The molecule has 2 unspecified atom stereocenters. The van der Waals surface area contributed by atoms with Crippen LogP contribution in [0.4, 0.5) is 0 Å². The Kier molecular flexibility index (Phi) is 4.81. The van der Waals surface area contributed by atoms with Crippen LogP contribution in [0.2, 0.25) is 0 Å². The predicted molar refractivity (Wildman–Crippen MR) is 82.3 cm³/mol. The van der Waals surface area contributed by atoms with Gasteiger partial charge in [-0.2, -0.15) is 0 Å². The van der Waals surface area contributed by atoms with E-state index >= 15 is 0 Å². The number of hydrogen-bond acceptors (Lipinski definition) is 2. The second-order valence-electron chi connectivity index (χ2n) is 6.80. The summed E-state index contributed by atoms with van der Waals surface area (Å²) in [5.74, 6) is 0.720. The lowest BCUT2D eigenvalue weighted by Crippen LogP contribution is -2.40. The summed E-state index contributed by atoms with van der Waals surface area (Å²) in [6, 6.07) is 10.5. The van der Waals surface area contributed by atoms with Gasteiger partial charge in [-0.3, -0.25) is 4.79 Å². The standard InChI is InChI=1S/C17H26N2O/c1-13-9-17(2,3)10-15(13)18-12-16(20)19-11-14-7-5-4-6-8-14/h4-8,13,15,18H,9-12H2,1-3H3,(H,19,20). The van der Waals surface area contributed by atoms with Gasteiger partial charge >= 0.3 is 0 Å². The molecule has 1 amide bonds. The summed E-state index contributed by atoms with van der Waals surface area (Å²) >= 11 is 0. The Morgan fingerprint density at radius 2 is 1.95 bits per heavy atom. The van der Waals surface area contributed by atoms with E-state index in [9.17, 15) is 4.79 Å². The fourth-order valence-electron chi connectivity index (χ4n) is 3.25. The number of carbonyl (C=O) groups excluding carboxylic acids is 1. The number of amides is 1. The topological polar surface area (TPSA) is 41.1 Å². The largest absolute Gasteiger partial charge is 0.351 e. The fraction of sp³-hybridized carbons (Fsp3) is 0.588. The molecule has 1 saturated carbocycles. The predicted octanol–water partition coefficient (Wildman–Crippen LogP) is 2.72. The normalized spacial score (nSPS) is 24.6.